The van der Waals surface area contributed by atoms with Crippen LogP contribution in [0.1, 0.15) is 27.2 Å². The van der Waals surface area contributed by atoms with Crippen LogP contribution in [0.15, 0.2) is 0 Å². The van der Waals surface area contributed by atoms with Crippen molar-refractivity contribution in [2.75, 3.05) is 0 Å². The summed E-state index contributed by atoms with van der Waals surface area (Å²) in [7, 11) is 0. The number of hydrogen-bond donors (Lipinski definition) is 0. The Morgan fingerprint density at radius 1 is 1.45 bits per heavy atom. The predicted octanol–water partition coefficient (Wildman–Crippen LogP) is 3.12. The van der Waals surface area contributed by atoms with Crippen molar-refractivity contribution in [3.05, 3.63) is 6.10 Å². The summed E-state index contributed by atoms with van der Waals surface area (Å²) in [5, 5.41) is 0. The molecule has 4 heteroatoms. The summed E-state index contributed by atoms with van der Waals surface area (Å²) in [5.74, 6) is -0.142. The highest BCUT2D eigenvalue weighted by atomic mass is 19.4. The fraction of sp³-hybridized carbons (Fsp3) is 0.857. The minimum atomic E-state index is -4.53. The van der Waals surface area contributed by atoms with Gasteiger partial charge in [-0.25, -0.2) is 0 Å². The lowest BCUT2D eigenvalue weighted by atomic mass is 10.0. The molecule has 1 atom stereocenters. The van der Waals surface area contributed by atoms with Crippen molar-refractivity contribution in [2.24, 2.45) is 5.92 Å². The van der Waals surface area contributed by atoms with Crippen LogP contribution in [0, 0.1) is 12.0 Å². The van der Waals surface area contributed by atoms with Gasteiger partial charge in [0.25, 0.3) is 6.10 Å². The van der Waals surface area contributed by atoms with Gasteiger partial charge in [0.1, 0.15) is 12.8 Å². The Morgan fingerprint density at radius 3 is 2.18 bits per heavy atom. The molecule has 0 fully saturated rings. The molecule has 0 spiro atoms. The predicted molar refractivity (Wildman–Crippen MR) is 35.5 cm³/mol. The van der Waals surface area contributed by atoms with Gasteiger partial charge in [0.2, 0.25) is 0 Å². The quantitative estimate of drug-likeness (QED) is 0.590. The average Bonchev–Trinajstić information content (AvgIpc) is 1.82. The minimum absolute atomic E-state index is 0.0278. The third-order valence-corrected chi connectivity index (χ3v) is 1.58. The monoisotopic (exact) mass is 169 g/mol. The van der Waals surface area contributed by atoms with Crippen molar-refractivity contribution >= 4 is 0 Å². The first-order valence-electron chi connectivity index (χ1n) is 3.46. The van der Waals surface area contributed by atoms with Crippen molar-refractivity contribution in [3.63, 3.8) is 0 Å². The smallest absolute Gasteiger partial charge is 0.141 e. The number of ether oxygens (including phenoxy) is 1. The summed E-state index contributed by atoms with van der Waals surface area (Å²) in [6, 6.07) is 0. The van der Waals surface area contributed by atoms with Crippen molar-refractivity contribution in [1.82, 2.24) is 0 Å². The van der Waals surface area contributed by atoms with E-state index in [2.05, 4.69) is 4.74 Å². The molecule has 0 N–H and O–H groups in total. The van der Waals surface area contributed by atoms with E-state index < -0.39 is 6.36 Å². The van der Waals surface area contributed by atoms with Crippen LogP contribution >= 0.6 is 0 Å². The molecule has 0 aromatic heterocycles. The second kappa shape index (κ2) is 3.85. The molecule has 0 aliphatic heterocycles. The topological polar surface area (TPSA) is 9.23 Å². The van der Waals surface area contributed by atoms with E-state index in [1.165, 1.54) is 6.92 Å². The number of hydrogen-bond acceptors (Lipinski definition) is 1. The third kappa shape index (κ3) is 4.95. The molecular weight excluding hydrogens is 157 g/mol. The van der Waals surface area contributed by atoms with Crippen molar-refractivity contribution < 1.29 is 17.9 Å². The van der Waals surface area contributed by atoms with Crippen molar-refractivity contribution in [1.29, 1.82) is 0 Å². The number of alkyl halides is 3. The summed E-state index contributed by atoms with van der Waals surface area (Å²) in [6.45, 7) is 4.86. The van der Waals surface area contributed by atoms with E-state index in [1.807, 2.05) is 6.92 Å². The van der Waals surface area contributed by atoms with Gasteiger partial charge in [-0.1, -0.05) is 11.7 Å². The normalized spacial score (nSPS) is 14.7. The molecule has 0 aliphatic carbocycles. The molecule has 0 aromatic rings. The molecule has 66 valence electrons. The zero-order valence-electron chi connectivity index (χ0n) is 6.83. The molecule has 1 nitrogen and oxygen atoms in total. The van der Waals surface area contributed by atoms with E-state index in [-0.39, 0.29) is 12.0 Å². The standard InChI is InChI=1S/C7H12F3O/c1-4-5(2)6(3)11-7(8,9)10/h5H,4H2,1-3H3/q+1. The molecule has 0 saturated heterocycles. The van der Waals surface area contributed by atoms with Gasteiger partial charge in [0, 0.05) is 0 Å². The molecule has 0 aromatic carbocycles. The third-order valence-electron chi connectivity index (χ3n) is 1.58. The Morgan fingerprint density at radius 2 is 1.91 bits per heavy atom. The van der Waals surface area contributed by atoms with Crippen LogP contribution < -0.4 is 0 Å². The van der Waals surface area contributed by atoms with E-state index in [9.17, 15) is 13.2 Å². The summed E-state index contributed by atoms with van der Waals surface area (Å²) >= 11 is 0. The average molecular weight is 169 g/mol. The molecule has 0 heterocycles. The van der Waals surface area contributed by atoms with Gasteiger partial charge >= 0.3 is 6.36 Å². The zero-order chi connectivity index (χ0) is 9.07. The van der Waals surface area contributed by atoms with Crippen LogP contribution in [0.3, 0.4) is 0 Å². The largest absolute Gasteiger partial charge is 0.562 e. The Hall–Kier alpha value is -0.380. The Kier molecular flexibility index (Phi) is 3.72. The molecule has 1 unspecified atom stereocenters. The molecule has 0 radical (unpaired) electrons. The van der Waals surface area contributed by atoms with E-state index in [0.29, 0.717) is 6.42 Å². The van der Waals surface area contributed by atoms with Gasteiger partial charge in [-0.05, 0) is 13.3 Å². The Bertz CT molecular complexity index is 111. The maximum Gasteiger partial charge on any atom is 0.562 e. The summed E-state index contributed by atoms with van der Waals surface area (Å²) in [5.41, 5.74) is 0. The fourth-order valence-corrected chi connectivity index (χ4v) is 0.571. The van der Waals surface area contributed by atoms with Crippen LogP contribution in [0.2, 0.25) is 0 Å². The number of halogens is 3. The summed E-state index contributed by atoms with van der Waals surface area (Å²) in [6.07, 6.45) is -3.85. The van der Waals surface area contributed by atoms with Gasteiger partial charge in [0.05, 0.1) is 0 Å². The van der Waals surface area contributed by atoms with Gasteiger partial charge in [-0.3, -0.25) is 0 Å². The highest BCUT2D eigenvalue weighted by Gasteiger charge is 2.41. The molecule has 0 bridgehead atoms. The lowest BCUT2D eigenvalue weighted by Gasteiger charge is -2.07. The van der Waals surface area contributed by atoms with Crippen molar-refractivity contribution in [3.8, 4) is 0 Å². The van der Waals surface area contributed by atoms with Crippen LogP contribution in [0.25, 0.3) is 0 Å². The highest BCUT2D eigenvalue weighted by Crippen LogP contribution is 2.27. The maximum atomic E-state index is 11.6. The molecule has 0 rings (SSSR count). The first-order valence-corrected chi connectivity index (χ1v) is 3.46. The second-order valence-corrected chi connectivity index (χ2v) is 2.47. The SMILES string of the molecule is CCC(C)[C+](C)OC(F)(F)F. The first kappa shape index (κ1) is 10.6. The molecule has 11 heavy (non-hydrogen) atoms. The zero-order valence-corrected chi connectivity index (χ0v) is 6.83. The van der Waals surface area contributed by atoms with Gasteiger partial charge in [-0.2, -0.15) is 0 Å². The fourth-order valence-electron chi connectivity index (χ4n) is 0.571. The van der Waals surface area contributed by atoms with Gasteiger partial charge < -0.3 is 0 Å². The lowest BCUT2D eigenvalue weighted by Crippen LogP contribution is -2.20. The van der Waals surface area contributed by atoms with Crippen LogP contribution in [-0.2, 0) is 4.74 Å². The lowest BCUT2D eigenvalue weighted by molar-refractivity contribution is -0.322. The second-order valence-electron chi connectivity index (χ2n) is 2.47. The van der Waals surface area contributed by atoms with Crippen LogP contribution in [-0.4, -0.2) is 6.36 Å². The first-order chi connectivity index (χ1) is 4.87. The van der Waals surface area contributed by atoms with E-state index in [0.717, 1.165) is 0 Å². The molecular formula is C7H12F3O+. The summed E-state index contributed by atoms with van der Waals surface area (Å²) in [4.78, 5) is 0. The van der Waals surface area contributed by atoms with E-state index in [4.69, 9.17) is 0 Å². The Labute approximate surface area is 64.5 Å². The van der Waals surface area contributed by atoms with Crippen molar-refractivity contribution in [2.45, 2.75) is 33.6 Å². The maximum absolute atomic E-state index is 11.6. The molecule has 0 amide bonds. The Balaban J connectivity index is 3.77. The van der Waals surface area contributed by atoms with Crippen LogP contribution in [0.4, 0.5) is 13.2 Å². The van der Waals surface area contributed by atoms with E-state index >= 15 is 0 Å². The highest BCUT2D eigenvalue weighted by molar-refractivity contribution is 4.78. The van der Waals surface area contributed by atoms with Gasteiger partial charge in [-0.15, -0.1) is 13.2 Å². The van der Waals surface area contributed by atoms with Gasteiger partial charge in [0.15, 0.2) is 0 Å². The van der Waals surface area contributed by atoms with E-state index in [1.54, 1.807) is 6.92 Å². The minimum Gasteiger partial charge on any atom is -0.141 e. The van der Waals surface area contributed by atoms with Crippen LogP contribution in [0.5, 0.6) is 0 Å². The molecule has 0 aliphatic rings. The number of rotatable bonds is 3. The molecule has 0 saturated carbocycles. The summed E-state index contributed by atoms with van der Waals surface area (Å²) < 4.78 is 38.4.